The van der Waals surface area contributed by atoms with Crippen molar-refractivity contribution in [3.05, 3.63) is 71.4 Å². The van der Waals surface area contributed by atoms with Crippen molar-refractivity contribution in [3.8, 4) is 11.5 Å². The van der Waals surface area contributed by atoms with Gasteiger partial charge in [0, 0.05) is 26.3 Å². The fourth-order valence-corrected chi connectivity index (χ4v) is 5.55. The second-order valence-electron chi connectivity index (χ2n) is 10.1. The highest BCUT2D eigenvalue weighted by Crippen LogP contribution is 2.37. The zero-order valence-corrected chi connectivity index (χ0v) is 23.0. The van der Waals surface area contributed by atoms with Gasteiger partial charge in [-0.15, -0.1) is 0 Å². The Morgan fingerprint density at radius 3 is 1.76 bits per heavy atom. The van der Waals surface area contributed by atoms with Crippen molar-refractivity contribution in [2.24, 2.45) is 0 Å². The van der Waals surface area contributed by atoms with E-state index in [0.29, 0.717) is 30.4 Å². The molecule has 0 radical (unpaired) electrons. The van der Waals surface area contributed by atoms with E-state index in [0.717, 1.165) is 11.1 Å². The minimum absolute atomic E-state index is 0.0252. The number of hydrogen-bond acceptors (Lipinski definition) is 7. The van der Waals surface area contributed by atoms with Crippen LogP contribution in [0.3, 0.4) is 0 Å². The van der Waals surface area contributed by atoms with Crippen LogP contribution in [0.1, 0.15) is 37.6 Å². The maximum atomic E-state index is 14.1. The Morgan fingerprint density at radius 2 is 1.41 bits per heavy atom. The maximum absolute atomic E-state index is 14.1. The predicted molar refractivity (Wildman–Crippen MR) is 139 cm³/mol. The molecule has 0 saturated carbocycles. The van der Waals surface area contributed by atoms with Crippen molar-refractivity contribution in [2.75, 3.05) is 34.5 Å². The third-order valence-corrected chi connectivity index (χ3v) is 8.16. The smallest absolute Gasteiger partial charge is 0.263 e. The summed E-state index contributed by atoms with van der Waals surface area (Å²) in [5.74, 6) is 1.41. The molecule has 10 heteroatoms. The Bertz CT molecular complexity index is 1250. The minimum Gasteiger partial charge on any atom is -0.497 e. The summed E-state index contributed by atoms with van der Waals surface area (Å²) < 4.78 is 53.2. The lowest BCUT2D eigenvalue weighted by Crippen LogP contribution is -2.50. The maximum Gasteiger partial charge on any atom is 0.263 e. The van der Waals surface area contributed by atoms with E-state index >= 15 is 0 Å². The summed E-state index contributed by atoms with van der Waals surface area (Å²) in [5, 5.41) is 4.59. The molecule has 0 unspecified atom stereocenters. The fourth-order valence-electron chi connectivity index (χ4n) is 4.21. The monoisotopic (exact) mass is 529 g/mol. The van der Waals surface area contributed by atoms with Gasteiger partial charge in [0.15, 0.2) is 10.6 Å². The van der Waals surface area contributed by atoms with Crippen molar-refractivity contribution in [1.82, 2.24) is 14.1 Å². The van der Waals surface area contributed by atoms with Crippen molar-refractivity contribution < 1.29 is 27.4 Å². The van der Waals surface area contributed by atoms with E-state index in [2.05, 4.69) is 5.10 Å². The molecule has 3 aromatic rings. The first-order valence-electron chi connectivity index (χ1n) is 12.0. The highest BCUT2D eigenvalue weighted by molar-refractivity contribution is 7.89. The molecule has 2 aromatic carbocycles. The first kappa shape index (κ1) is 27.1. The van der Waals surface area contributed by atoms with Crippen LogP contribution in [0, 0.1) is 0 Å². The Kier molecular flexibility index (Phi) is 7.66. The third kappa shape index (κ3) is 5.52. The highest BCUT2D eigenvalue weighted by atomic mass is 32.2. The lowest BCUT2D eigenvalue weighted by Gasteiger charge is -2.41. The van der Waals surface area contributed by atoms with E-state index < -0.39 is 21.2 Å². The largest absolute Gasteiger partial charge is 0.497 e. The van der Waals surface area contributed by atoms with Crippen LogP contribution >= 0.6 is 0 Å². The van der Waals surface area contributed by atoms with Gasteiger partial charge in [0.1, 0.15) is 11.5 Å². The molecule has 0 amide bonds. The third-order valence-electron chi connectivity index (χ3n) is 6.49. The zero-order chi connectivity index (χ0) is 26.8. The predicted octanol–water partition coefficient (Wildman–Crippen LogP) is 3.92. The van der Waals surface area contributed by atoms with Crippen LogP contribution in [-0.2, 0) is 43.7 Å². The number of sulfonamides is 1. The fraction of sp³-hybridized carbons (Fsp3) is 0.444. The van der Waals surface area contributed by atoms with Gasteiger partial charge in [-0.25, -0.2) is 8.42 Å². The van der Waals surface area contributed by atoms with Gasteiger partial charge < -0.3 is 18.9 Å². The number of hydrogen-bond donors (Lipinski definition) is 0. The molecule has 0 atom stereocenters. The summed E-state index contributed by atoms with van der Waals surface area (Å²) >= 11 is 0. The quantitative estimate of drug-likeness (QED) is 0.393. The average Bonchev–Trinajstić information content (AvgIpc) is 3.31. The average molecular weight is 530 g/mol. The summed E-state index contributed by atoms with van der Waals surface area (Å²) in [7, 11) is 0.798. The van der Waals surface area contributed by atoms with Gasteiger partial charge in [0.2, 0.25) is 0 Å². The van der Waals surface area contributed by atoms with Crippen LogP contribution in [0.4, 0.5) is 0 Å². The van der Waals surface area contributed by atoms with E-state index in [4.69, 9.17) is 18.9 Å². The number of methoxy groups -OCH3 is 3. The van der Waals surface area contributed by atoms with Crippen molar-refractivity contribution in [1.29, 1.82) is 0 Å². The van der Waals surface area contributed by atoms with Crippen LogP contribution in [0.15, 0.2) is 59.6 Å². The van der Waals surface area contributed by atoms with Gasteiger partial charge in [-0.3, -0.25) is 4.68 Å². The van der Waals surface area contributed by atoms with Gasteiger partial charge in [-0.1, -0.05) is 24.3 Å². The van der Waals surface area contributed by atoms with E-state index in [-0.39, 0.29) is 18.1 Å². The van der Waals surface area contributed by atoms with Crippen molar-refractivity contribution in [3.63, 3.8) is 0 Å². The first-order valence-corrected chi connectivity index (χ1v) is 13.5. The lowest BCUT2D eigenvalue weighted by atomic mass is 9.95. The molecule has 9 nitrogen and oxygen atoms in total. The molecular weight excluding hydrogens is 494 g/mol. The molecule has 2 heterocycles. The molecule has 0 spiro atoms. The molecule has 1 fully saturated rings. The molecule has 1 aliphatic rings. The molecule has 0 bridgehead atoms. The summed E-state index contributed by atoms with van der Waals surface area (Å²) in [6, 6.07) is 16.3. The van der Waals surface area contributed by atoms with Crippen LogP contribution < -0.4 is 9.47 Å². The van der Waals surface area contributed by atoms with E-state index in [1.807, 2.05) is 69.3 Å². The Balaban J connectivity index is 1.76. The van der Waals surface area contributed by atoms with Crippen LogP contribution in [0.5, 0.6) is 11.5 Å². The number of benzene rings is 2. The summed E-state index contributed by atoms with van der Waals surface area (Å²) in [4.78, 5) is 0. The highest BCUT2D eigenvalue weighted by Gasteiger charge is 2.46. The summed E-state index contributed by atoms with van der Waals surface area (Å²) in [6.45, 7) is 6.95. The Morgan fingerprint density at radius 1 is 0.919 bits per heavy atom. The van der Waals surface area contributed by atoms with Gasteiger partial charge >= 0.3 is 0 Å². The second-order valence-corrected chi connectivity index (χ2v) is 12.0. The van der Waals surface area contributed by atoms with Gasteiger partial charge in [0.05, 0.1) is 38.7 Å². The number of rotatable bonds is 10. The van der Waals surface area contributed by atoms with Crippen LogP contribution in [0.25, 0.3) is 0 Å². The topological polar surface area (TPSA) is 92.1 Å². The molecule has 0 aliphatic carbocycles. The SMILES string of the molecule is COc1ccc(CN(Cc2ccc(OC)cc2)S(=O)(=O)c2cc(C3(OC)COC3)n(C(C)(C)C)n2)cc1. The van der Waals surface area contributed by atoms with Crippen LogP contribution in [-0.4, -0.2) is 57.0 Å². The lowest BCUT2D eigenvalue weighted by molar-refractivity contribution is -0.207. The molecule has 0 N–H and O–H groups in total. The number of aromatic nitrogens is 2. The summed E-state index contributed by atoms with van der Waals surface area (Å²) in [6.07, 6.45) is 0. The number of ether oxygens (including phenoxy) is 4. The zero-order valence-electron chi connectivity index (χ0n) is 22.2. The van der Waals surface area contributed by atoms with Gasteiger partial charge in [0.25, 0.3) is 10.0 Å². The van der Waals surface area contributed by atoms with E-state index in [9.17, 15) is 8.42 Å². The number of nitrogens with zero attached hydrogens (tertiary/aromatic N) is 3. The molecular formula is C27H35N3O6S. The molecule has 4 rings (SSSR count). The molecule has 200 valence electrons. The summed E-state index contributed by atoms with van der Waals surface area (Å²) in [5.41, 5.74) is 1.13. The molecule has 1 saturated heterocycles. The second kappa shape index (κ2) is 10.4. The Labute approximate surface area is 219 Å². The van der Waals surface area contributed by atoms with Gasteiger partial charge in [-0.05, 0) is 56.2 Å². The molecule has 37 heavy (non-hydrogen) atoms. The minimum atomic E-state index is -4.00. The molecule has 1 aromatic heterocycles. The van der Waals surface area contributed by atoms with Crippen molar-refractivity contribution in [2.45, 2.75) is 50.0 Å². The van der Waals surface area contributed by atoms with Gasteiger partial charge in [-0.2, -0.15) is 9.40 Å². The van der Waals surface area contributed by atoms with Crippen molar-refractivity contribution >= 4 is 10.0 Å². The van der Waals surface area contributed by atoms with E-state index in [1.54, 1.807) is 32.1 Å². The van der Waals surface area contributed by atoms with E-state index in [1.165, 1.54) is 4.31 Å². The first-order chi connectivity index (χ1) is 17.5. The Hall–Kier alpha value is -2.92. The normalized spacial score (nSPS) is 15.4. The standard InChI is InChI=1S/C27H35N3O6S/c1-26(2,3)30-24(27(35-6)18-36-19-27)15-25(28-30)37(31,32)29(16-20-7-11-22(33-4)12-8-20)17-21-9-13-23(34-5)14-10-21/h7-15H,16-19H2,1-6H3. The van der Waals surface area contributed by atoms with Crippen LogP contribution in [0.2, 0.25) is 0 Å². The molecule has 1 aliphatic heterocycles.